The lowest BCUT2D eigenvalue weighted by atomic mass is 10.0. The summed E-state index contributed by atoms with van der Waals surface area (Å²) in [5.74, 6) is -3.24. The number of unbranched alkanes of at least 4 members (excludes halogenated alkanes) is 2. The lowest BCUT2D eigenvalue weighted by Crippen LogP contribution is -2.56. The average Bonchev–Trinajstić information content (AvgIpc) is 1.60. The summed E-state index contributed by atoms with van der Waals surface area (Å²) in [4.78, 5) is 143. The third kappa shape index (κ3) is 18.7. The van der Waals surface area contributed by atoms with Gasteiger partial charge in [-0.25, -0.2) is 14.6 Å². The van der Waals surface area contributed by atoms with Gasteiger partial charge in [0, 0.05) is 124 Å². The van der Waals surface area contributed by atoms with Gasteiger partial charge >= 0.3 is 12.1 Å². The van der Waals surface area contributed by atoms with Gasteiger partial charge in [0.05, 0.1) is 17.6 Å². The number of aromatic nitrogens is 1. The molecule has 11 amide bonds. The largest absolute Gasteiger partial charge is 0.445 e. The second-order valence-electron chi connectivity index (χ2n) is 23.6. The highest BCUT2D eigenvalue weighted by atomic mass is 16.5. The Balaban J connectivity index is 0.739. The van der Waals surface area contributed by atoms with Crippen LogP contribution in [0.25, 0.3) is 6.08 Å². The molecule has 4 heterocycles. The van der Waals surface area contributed by atoms with Crippen LogP contribution in [0, 0.1) is 11.8 Å². The van der Waals surface area contributed by atoms with Crippen molar-refractivity contribution in [2.75, 3.05) is 56.4 Å². The van der Waals surface area contributed by atoms with E-state index in [4.69, 9.17) is 16.2 Å². The first-order chi connectivity index (χ1) is 43.7. The second-order valence-corrected chi connectivity index (χ2v) is 23.6. The molecule has 2 unspecified atom stereocenters. The van der Waals surface area contributed by atoms with Crippen molar-refractivity contribution in [3.8, 4) is 0 Å². The Kier molecular flexibility index (Phi) is 23.3. The van der Waals surface area contributed by atoms with E-state index < -0.39 is 35.5 Å². The third-order valence-corrected chi connectivity index (χ3v) is 16.2. The molecule has 3 aromatic carbocycles. The maximum absolute atomic E-state index is 14.0. The molecule has 0 radical (unpaired) electrons. The normalized spacial score (nSPS) is 16.8. The Labute approximate surface area is 529 Å². The molecule has 4 aromatic rings. The predicted octanol–water partition coefficient (Wildman–Crippen LogP) is 5.47. The molecule has 1 fully saturated rings. The number of benzene rings is 3. The molecule has 25 heteroatoms. The third-order valence-electron chi connectivity index (χ3n) is 16.2. The summed E-state index contributed by atoms with van der Waals surface area (Å²) in [5.41, 5.74) is 17.4. The monoisotopic (exact) mass is 1250 g/mol. The lowest BCUT2D eigenvalue weighted by molar-refractivity contribution is -0.137. The van der Waals surface area contributed by atoms with Crippen LogP contribution in [0.4, 0.5) is 26.7 Å². The molecule has 25 nitrogen and oxygen atoms in total. The van der Waals surface area contributed by atoms with Gasteiger partial charge in [0.25, 0.3) is 23.6 Å². The Morgan fingerprint density at radius 2 is 1.49 bits per heavy atom. The molecule has 4 aliphatic rings. The number of amides is 11. The summed E-state index contributed by atoms with van der Waals surface area (Å²) in [6, 6.07) is 19.3. The molecule has 91 heavy (non-hydrogen) atoms. The van der Waals surface area contributed by atoms with Crippen molar-refractivity contribution in [2.24, 2.45) is 28.3 Å². The topological polar surface area (TPSA) is 351 Å². The minimum atomic E-state index is -1.35. The molecule has 8 rings (SSSR count). The molecular formula is C66H82N14O11. The van der Waals surface area contributed by atoms with Crippen molar-refractivity contribution in [1.29, 1.82) is 0 Å². The van der Waals surface area contributed by atoms with E-state index in [1.165, 1.54) is 12.2 Å². The van der Waals surface area contributed by atoms with Crippen LogP contribution in [-0.4, -0.2) is 142 Å². The summed E-state index contributed by atoms with van der Waals surface area (Å²) in [6.07, 6.45) is 10.1. The number of imide groups is 1. The molecule has 11 N–H and O–H groups in total. The first-order valence-electron chi connectivity index (χ1n) is 31.1. The quantitative estimate of drug-likeness (QED) is 0.0231. The number of amidine groups is 1. The van der Waals surface area contributed by atoms with E-state index in [0.29, 0.717) is 103 Å². The van der Waals surface area contributed by atoms with Crippen molar-refractivity contribution in [2.45, 2.75) is 123 Å². The Hall–Kier alpha value is -9.78. The zero-order valence-corrected chi connectivity index (χ0v) is 52.0. The Morgan fingerprint density at radius 3 is 2.20 bits per heavy atom. The summed E-state index contributed by atoms with van der Waals surface area (Å²) in [6.45, 7) is 11.5. The molecule has 3 aliphatic heterocycles. The van der Waals surface area contributed by atoms with Crippen LogP contribution in [-0.2, 0) is 59.6 Å². The fraction of sp³-hybridized carbons (Fsp3) is 0.424. The summed E-state index contributed by atoms with van der Waals surface area (Å²) in [5, 5.41) is 19.5. The number of fused-ring (bicyclic) bond motifs is 2. The summed E-state index contributed by atoms with van der Waals surface area (Å²) < 4.78 is 5.39. The van der Waals surface area contributed by atoms with Crippen LogP contribution in [0.2, 0.25) is 0 Å². The van der Waals surface area contributed by atoms with Gasteiger partial charge in [0.2, 0.25) is 23.6 Å². The number of nitrogens with one attached hydrogen (secondary N) is 7. The first kappa shape index (κ1) is 67.2. The first-order valence-corrected chi connectivity index (χ1v) is 31.1. The van der Waals surface area contributed by atoms with Crippen LogP contribution >= 0.6 is 0 Å². The highest BCUT2D eigenvalue weighted by molar-refractivity contribution is 6.13. The number of aliphatic imine (C=N–C) groups is 1. The predicted molar refractivity (Wildman–Crippen MR) is 342 cm³/mol. The number of carbonyl (C=O) groups excluding carboxylic acids is 10. The minimum absolute atomic E-state index is 0.0592. The van der Waals surface area contributed by atoms with E-state index in [1.54, 1.807) is 74.6 Å². The number of hydrogen-bond acceptors (Lipinski definition) is 15. The molecule has 0 saturated heterocycles. The maximum Gasteiger partial charge on any atom is 0.407 e. The van der Waals surface area contributed by atoms with E-state index in [2.05, 4.69) is 52.1 Å². The Bertz CT molecular complexity index is 3450. The molecule has 1 aromatic heterocycles. The minimum Gasteiger partial charge on any atom is -0.445 e. The van der Waals surface area contributed by atoms with E-state index in [0.717, 1.165) is 47.5 Å². The van der Waals surface area contributed by atoms with Gasteiger partial charge in [-0.15, -0.1) is 0 Å². The summed E-state index contributed by atoms with van der Waals surface area (Å²) in [7, 11) is 0. The van der Waals surface area contributed by atoms with E-state index >= 15 is 0 Å². The highest BCUT2D eigenvalue weighted by Gasteiger charge is 2.61. The number of urea groups is 1. The van der Waals surface area contributed by atoms with Crippen molar-refractivity contribution in [3.05, 3.63) is 136 Å². The smallest absolute Gasteiger partial charge is 0.407 e. The van der Waals surface area contributed by atoms with Crippen molar-refractivity contribution in [1.82, 2.24) is 46.3 Å². The van der Waals surface area contributed by atoms with Crippen LogP contribution in [0.15, 0.2) is 102 Å². The van der Waals surface area contributed by atoms with Crippen molar-refractivity contribution in [3.63, 3.8) is 0 Å². The van der Waals surface area contributed by atoms with E-state index in [1.807, 2.05) is 43.0 Å². The zero-order valence-electron chi connectivity index (χ0n) is 52.0. The van der Waals surface area contributed by atoms with Gasteiger partial charge in [-0.05, 0) is 116 Å². The maximum atomic E-state index is 14.0. The SMILES string of the molecule is CCCN(CCC)C(=O)C1=Cc2ccc(C(=O)Nc3cnc4c(c3)CN(Cc3ccc(C(=O)NCCNC(=O)OCc5ccc(NC(=O)C6(NC(=O)[C@@H](NC(=O)CCCCCN7C(=O)C=CC7=O)C(C)C)CC6CCNC(N)=O)cc5)cc3)CC4)cc2N=C(N)C1. The number of hydrogen-bond donors (Lipinski definition) is 9. The fourth-order valence-corrected chi connectivity index (χ4v) is 11.2. The number of ether oxygens (including phenoxy) is 1. The van der Waals surface area contributed by atoms with Crippen molar-refractivity contribution >= 4 is 88.4 Å². The number of primary amides is 1. The molecule has 0 bridgehead atoms. The molecule has 1 saturated carbocycles. The van der Waals surface area contributed by atoms with E-state index in [-0.39, 0.29) is 99.3 Å². The number of pyridine rings is 1. The number of rotatable bonds is 30. The number of nitrogens with two attached hydrogens (primary N) is 2. The van der Waals surface area contributed by atoms with Crippen LogP contribution in [0.5, 0.6) is 0 Å². The van der Waals surface area contributed by atoms with Crippen LogP contribution in [0.1, 0.15) is 134 Å². The van der Waals surface area contributed by atoms with Gasteiger partial charge in [-0.2, -0.15) is 0 Å². The van der Waals surface area contributed by atoms with Crippen LogP contribution < -0.4 is 48.7 Å². The van der Waals surface area contributed by atoms with Gasteiger partial charge in [-0.1, -0.05) is 64.4 Å². The van der Waals surface area contributed by atoms with Gasteiger partial charge in [0.1, 0.15) is 24.0 Å². The van der Waals surface area contributed by atoms with Gasteiger partial charge < -0.3 is 58.3 Å². The standard InChI is InChI=1S/C66H82N14O11/c1-5-28-79(29-6-2)62(87)47-32-45-17-18-46(34-53(45)75-54(67)35-47)60(85)73-51-33-48-39-78(31-24-52(48)72-37-51)38-42-11-15-44(16-12-42)59(84)69-26-27-71-65(90)91-40-43-13-19-50(20-14-43)74-63(88)66(36-49(66)23-25-70-64(68)89)77-61(86)58(41(3)4)76-55(81)10-8-7-9-30-80-56(82)21-22-57(80)83/h11-22,32-34,37,41,49,58H,5-10,23-31,35-36,38-40H2,1-4H3,(H2,67,75)(H,69,84)(H,71,90)(H,73,85)(H,74,88)(H,76,81)(H,77,86)(H3,68,70,89)/t49?,58-,66?/m0/s1. The van der Waals surface area contributed by atoms with Gasteiger partial charge in [0.15, 0.2) is 0 Å². The molecule has 0 spiro atoms. The molecule has 1 aliphatic carbocycles. The fourth-order valence-electron chi connectivity index (χ4n) is 11.2. The highest BCUT2D eigenvalue weighted by Crippen LogP contribution is 2.47. The molecule has 482 valence electrons. The number of alkyl carbamates (subject to hydrolysis) is 1. The van der Waals surface area contributed by atoms with Crippen molar-refractivity contribution < 1.29 is 52.7 Å². The zero-order chi connectivity index (χ0) is 65.2. The number of anilines is 2. The number of nitrogens with zero attached hydrogens (tertiary/aromatic N) is 5. The van der Waals surface area contributed by atoms with Gasteiger partial charge in [-0.3, -0.25) is 53.1 Å². The average molecular weight is 1250 g/mol. The number of carbonyl (C=O) groups is 10. The molecule has 3 atom stereocenters. The lowest BCUT2D eigenvalue weighted by Gasteiger charge is -2.28. The van der Waals surface area contributed by atoms with Crippen LogP contribution in [0.3, 0.4) is 0 Å². The Morgan fingerprint density at radius 1 is 0.791 bits per heavy atom. The second kappa shape index (κ2) is 31.6. The summed E-state index contributed by atoms with van der Waals surface area (Å²) >= 11 is 0. The molecular weight excluding hydrogens is 1160 g/mol. The van der Waals surface area contributed by atoms with E-state index in [9.17, 15) is 47.9 Å².